The second-order valence-electron chi connectivity index (χ2n) is 8.43. The molecule has 1 amide bonds. The lowest BCUT2D eigenvalue weighted by Crippen LogP contribution is -2.61. The molecular weight excluding hydrogens is 470 g/mol. The van der Waals surface area contributed by atoms with Crippen LogP contribution in [0.3, 0.4) is 0 Å². The average Bonchev–Trinajstić information content (AvgIpc) is 2.86. The maximum atomic E-state index is 14.8. The number of nitrogens with zero attached hydrogens (tertiary/aromatic N) is 3. The maximum absolute atomic E-state index is 14.8. The molecule has 0 saturated carbocycles. The lowest BCUT2D eigenvalue weighted by atomic mass is 9.88. The first kappa shape index (κ1) is 20.7. The van der Waals surface area contributed by atoms with Gasteiger partial charge in [-0.2, -0.15) is 9.37 Å². The minimum absolute atomic E-state index is 0.00304. The van der Waals surface area contributed by atoms with Crippen LogP contribution in [0.2, 0.25) is 5.02 Å². The van der Waals surface area contributed by atoms with E-state index in [1.165, 1.54) is 6.07 Å². The quantitative estimate of drug-likeness (QED) is 0.471. The number of carbonyl (C=O) groups is 1. The highest BCUT2D eigenvalue weighted by Gasteiger charge is 2.55. The van der Waals surface area contributed by atoms with Gasteiger partial charge in [-0.3, -0.25) is 4.90 Å². The molecule has 3 heterocycles. The first-order valence-electron chi connectivity index (χ1n) is 9.28. The van der Waals surface area contributed by atoms with Crippen LogP contribution in [0.4, 0.5) is 13.6 Å². The number of hydrogen-bond acceptors (Lipinski definition) is 5. The molecule has 1 aromatic heterocycles. The number of amides is 1. The molecule has 2 atom stereocenters. The van der Waals surface area contributed by atoms with Crippen LogP contribution in [-0.2, 0) is 10.3 Å². The van der Waals surface area contributed by atoms with Crippen molar-refractivity contribution in [3.05, 3.63) is 33.2 Å². The lowest BCUT2D eigenvalue weighted by Gasteiger charge is -2.45. The van der Waals surface area contributed by atoms with E-state index >= 15 is 0 Å². The molecule has 2 fully saturated rings. The van der Waals surface area contributed by atoms with Crippen LogP contribution >= 0.6 is 27.5 Å². The number of halogens is 4. The first-order chi connectivity index (χ1) is 13.5. The Balaban J connectivity index is 1.94. The zero-order valence-electron chi connectivity index (χ0n) is 16.2. The van der Waals surface area contributed by atoms with Gasteiger partial charge in [0.25, 0.3) is 0 Å². The van der Waals surface area contributed by atoms with Crippen LogP contribution < -0.4 is 5.32 Å². The fraction of sp³-hybridized carbons (Fsp3) is 0.526. The predicted molar refractivity (Wildman–Crippen MR) is 108 cm³/mol. The Hall–Kier alpha value is -1.58. The second-order valence-corrected chi connectivity index (χ2v) is 9.63. The Morgan fingerprint density at radius 2 is 2.14 bits per heavy atom. The Morgan fingerprint density at radius 1 is 1.41 bits per heavy atom. The summed E-state index contributed by atoms with van der Waals surface area (Å²) in [4.78, 5) is 22.4. The van der Waals surface area contributed by atoms with E-state index in [4.69, 9.17) is 16.3 Å². The van der Waals surface area contributed by atoms with Gasteiger partial charge in [0.05, 0.1) is 15.2 Å². The van der Waals surface area contributed by atoms with Gasteiger partial charge in [0, 0.05) is 24.5 Å². The van der Waals surface area contributed by atoms with Gasteiger partial charge in [-0.1, -0.05) is 11.6 Å². The molecule has 2 aliphatic heterocycles. The van der Waals surface area contributed by atoms with Crippen molar-refractivity contribution in [1.82, 2.24) is 20.2 Å². The van der Waals surface area contributed by atoms with Crippen LogP contribution in [0.15, 0.2) is 10.5 Å². The van der Waals surface area contributed by atoms with Crippen LogP contribution in [0.25, 0.3) is 10.9 Å². The van der Waals surface area contributed by atoms with Gasteiger partial charge in [-0.05, 0) is 55.6 Å². The van der Waals surface area contributed by atoms with Gasteiger partial charge < -0.3 is 10.1 Å². The van der Waals surface area contributed by atoms with Gasteiger partial charge in [0.15, 0.2) is 5.82 Å². The SMILES string of the molecule is CC(C)(C)OC(=O)N1C2CCC1(c1nc(F)nc3c(F)c(Br)c(Cl)cc13)CNC2. The van der Waals surface area contributed by atoms with Crippen molar-refractivity contribution in [3.63, 3.8) is 0 Å². The third-order valence-corrected chi connectivity index (χ3v) is 6.65. The third kappa shape index (κ3) is 3.37. The van der Waals surface area contributed by atoms with E-state index in [-0.39, 0.29) is 32.1 Å². The fourth-order valence-corrected chi connectivity index (χ4v) is 4.76. The summed E-state index contributed by atoms with van der Waals surface area (Å²) < 4.78 is 34.8. The van der Waals surface area contributed by atoms with Crippen molar-refractivity contribution in [3.8, 4) is 0 Å². The van der Waals surface area contributed by atoms with Gasteiger partial charge in [0.2, 0.25) is 0 Å². The molecule has 2 saturated heterocycles. The predicted octanol–water partition coefficient (Wildman–Crippen LogP) is 4.52. The van der Waals surface area contributed by atoms with Crippen LogP contribution in [0.5, 0.6) is 0 Å². The summed E-state index contributed by atoms with van der Waals surface area (Å²) in [5, 5.41) is 3.68. The first-order valence-corrected chi connectivity index (χ1v) is 10.4. The zero-order chi connectivity index (χ0) is 21.1. The van der Waals surface area contributed by atoms with E-state index in [0.717, 1.165) is 0 Å². The molecule has 0 radical (unpaired) electrons. The Morgan fingerprint density at radius 3 is 2.83 bits per heavy atom. The molecule has 4 rings (SSSR count). The molecule has 2 aromatic rings. The number of fused-ring (bicyclic) bond motifs is 3. The van der Waals surface area contributed by atoms with Crippen LogP contribution in [0.1, 0.15) is 39.3 Å². The van der Waals surface area contributed by atoms with Gasteiger partial charge in [0.1, 0.15) is 16.7 Å². The van der Waals surface area contributed by atoms with E-state index in [2.05, 4.69) is 31.2 Å². The summed E-state index contributed by atoms with van der Waals surface area (Å²) in [6, 6.07) is 1.37. The fourth-order valence-electron chi connectivity index (χ4n) is 4.27. The molecule has 2 unspecified atom stereocenters. The van der Waals surface area contributed by atoms with Crippen LogP contribution in [0, 0.1) is 11.9 Å². The number of aromatic nitrogens is 2. The highest BCUT2D eigenvalue weighted by Crippen LogP contribution is 2.47. The summed E-state index contributed by atoms with van der Waals surface area (Å²) >= 11 is 9.24. The lowest BCUT2D eigenvalue weighted by molar-refractivity contribution is -0.0123. The molecule has 10 heteroatoms. The molecule has 1 N–H and O–H groups in total. The van der Waals surface area contributed by atoms with Gasteiger partial charge >= 0.3 is 12.2 Å². The molecule has 0 spiro atoms. The number of piperazine rings is 1. The van der Waals surface area contributed by atoms with Crippen molar-refractivity contribution >= 4 is 44.5 Å². The number of nitrogens with one attached hydrogen (secondary N) is 1. The monoisotopic (exact) mass is 488 g/mol. The van der Waals surface area contributed by atoms with E-state index in [1.807, 2.05) is 0 Å². The summed E-state index contributed by atoms with van der Waals surface area (Å²) in [7, 11) is 0. The summed E-state index contributed by atoms with van der Waals surface area (Å²) in [5.74, 6) is -0.770. The largest absolute Gasteiger partial charge is 0.444 e. The summed E-state index contributed by atoms with van der Waals surface area (Å²) in [6.07, 6.45) is -0.345. The normalized spacial score (nSPS) is 24.2. The number of benzene rings is 1. The topological polar surface area (TPSA) is 67.3 Å². The van der Waals surface area contributed by atoms with Crippen molar-refractivity contribution in [2.24, 2.45) is 0 Å². The number of rotatable bonds is 1. The van der Waals surface area contributed by atoms with E-state index < -0.39 is 29.1 Å². The minimum Gasteiger partial charge on any atom is -0.444 e. The summed E-state index contributed by atoms with van der Waals surface area (Å²) in [6.45, 7) is 6.28. The standard InChI is InChI=1S/C19H20BrClF2N4O2/c1-18(2,3)29-17(28)27-9-4-5-19(27,8-24-7-9)15-10-6-11(21)12(20)13(22)14(10)25-16(23)26-15/h6,9,24H,4-5,7-8H2,1-3H3. The van der Waals surface area contributed by atoms with Crippen molar-refractivity contribution in [2.45, 2.75) is 50.8 Å². The van der Waals surface area contributed by atoms with E-state index in [9.17, 15) is 13.6 Å². The Kier molecular flexibility index (Phi) is 4.99. The summed E-state index contributed by atoms with van der Waals surface area (Å²) in [5.41, 5.74) is -1.64. The Labute approximate surface area is 180 Å². The van der Waals surface area contributed by atoms with Crippen molar-refractivity contribution in [2.75, 3.05) is 13.1 Å². The third-order valence-electron chi connectivity index (χ3n) is 5.35. The zero-order valence-corrected chi connectivity index (χ0v) is 18.5. The molecule has 1 aromatic carbocycles. The second kappa shape index (κ2) is 6.99. The molecule has 156 valence electrons. The highest BCUT2D eigenvalue weighted by atomic mass is 79.9. The Bertz CT molecular complexity index is 1010. The van der Waals surface area contributed by atoms with Gasteiger partial charge in [-0.15, -0.1) is 0 Å². The number of ether oxygens (including phenoxy) is 1. The molecule has 0 aliphatic carbocycles. The van der Waals surface area contributed by atoms with Crippen molar-refractivity contribution in [1.29, 1.82) is 0 Å². The smallest absolute Gasteiger partial charge is 0.411 e. The van der Waals surface area contributed by atoms with E-state index in [0.29, 0.717) is 25.9 Å². The molecule has 29 heavy (non-hydrogen) atoms. The molecule has 2 aliphatic rings. The minimum atomic E-state index is -1.06. The highest BCUT2D eigenvalue weighted by molar-refractivity contribution is 9.10. The molecule has 6 nitrogen and oxygen atoms in total. The maximum Gasteiger partial charge on any atom is 0.411 e. The van der Waals surface area contributed by atoms with Crippen LogP contribution in [-0.4, -0.2) is 45.7 Å². The molecular formula is C19H20BrClF2N4O2. The average molecular weight is 490 g/mol. The van der Waals surface area contributed by atoms with E-state index in [1.54, 1.807) is 25.7 Å². The number of hydrogen-bond donors (Lipinski definition) is 1. The van der Waals surface area contributed by atoms with Crippen molar-refractivity contribution < 1.29 is 18.3 Å². The molecule has 2 bridgehead atoms. The number of carbonyl (C=O) groups excluding carboxylic acids is 1. The van der Waals surface area contributed by atoms with Gasteiger partial charge in [-0.25, -0.2) is 14.2 Å².